The van der Waals surface area contributed by atoms with Gasteiger partial charge in [-0.15, -0.1) is 0 Å². The number of rotatable bonds is 3. The highest BCUT2D eigenvalue weighted by Crippen LogP contribution is 2.45. The Balaban J connectivity index is 1.73. The van der Waals surface area contributed by atoms with Crippen LogP contribution in [0.4, 0.5) is 5.69 Å². The number of nitro benzene ring substituents is 1. The number of hydrogen-bond acceptors (Lipinski definition) is 8. The summed E-state index contributed by atoms with van der Waals surface area (Å²) in [5.74, 6) is -0.352. The quantitative estimate of drug-likeness (QED) is 0.385. The van der Waals surface area contributed by atoms with Crippen LogP contribution in [0.15, 0.2) is 60.0 Å². The van der Waals surface area contributed by atoms with Gasteiger partial charge in [0.05, 0.1) is 32.3 Å². The maximum absolute atomic E-state index is 11.3. The fourth-order valence-electron chi connectivity index (χ4n) is 3.75. The topological polar surface area (TPSA) is 133 Å². The van der Waals surface area contributed by atoms with Gasteiger partial charge in [-0.2, -0.15) is 15.0 Å². The largest absolute Gasteiger partial charge is 0.422 e. The molecule has 2 aromatic carbocycles. The van der Waals surface area contributed by atoms with E-state index in [9.17, 15) is 15.4 Å². The fraction of sp³-hybridized carbons (Fsp3) is 0.0952. The first-order chi connectivity index (χ1) is 15.0. The number of aryl methyl sites for hydroxylation is 1. The third-order valence-electron chi connectivity index (χ3n) is 5.11. The van der Waals surface area contributed by atoms with Gasteiger partial charge in [0.1, 0.15) is 11.6 Å². The molecule has 1 aliphatic rings. The molecule has 31 heavy (non-hydrogen) atoms. The van der Waals surface area contributed by atoms with E-state index in [-0.39, 0.29) is 17.1 Å². The number of aromatic nitrogens is 3. The Labute approximate surface area is 179 Å². The average Bonchev–Trinajstić information content (AvgIpc) is 3.33. The number of para-hydroxylation sites is 1. The Kier molecular flexibility index (Phi) is 4.20. The molecule has 2 N–H and O–H groups in total. The van der Waals surface area contributed by atoms with Gasteiger partial charge in [0.25, 0.3) is 5.69 Å². The number of allylic oxidation sites excluding steroid dienone is 1. The highest BCUT2D eigenvalue weighted by atomic mass is 32.1. The van der Waals surface area contributed by atoms with Crippen LogP contribution in [0.5, 0.6) is 5.88 Å². The minimum atomic E-state index is -0.642. The molecule has 0 bridgehead atoms. The molecule has 0 radical (unpaired) electrons. The molecule has 1 atom stereocenters. The van der Waals surface area contributed by atoms with Crippen LogP contribution in [0.25, 0.3) is 15.3 Å². The number of non-ortho nitro benzene ring substituents is 1. The van der Waals surface area contributed by atoms with Crippen molar-refractivity contribution in [3.05, 3.63) is 86.9 Å². The first kappa shape index (κ1) is 18.8. The summed E-state index contributed by atoms with van der Waals surface area (Å²) in [6.07, 6.45) is 0. The Hall–Kier alpha value is -4.23. The fourth-order valence-corrected chi connectivity index (χ4v) is 4.66. The normalized spacial score (nSPS) is 15.4. The summed E-state index contributed by atoms with van der Waals surface area (Å²) in [6, 6.07) is 16.0. The number of benzene rings is 2. The molecular formula is C21H14N6O3S. The smallest absolute Gasteiger partial charge is 0.269 e. The highest BCUT2D eigenvalue weighted by molar-refractivity contribution is 7.20. The number of hydrogen-bond donors (Lipinski definition) is 1. The molecule has 0 fully saturated rings. The Morgan fingerprint density at radius 3 is 2.84 bits per heavy atom. The molecule has 9 nitrogen and oxygen atoms in total. The zero-order chi connectivity index (χ0) is 21.7. The standard InChI is InChI=1S/C21H14N6O3S/c1-11-17-18(12-5-4-6-13(9-12)27(28)29)14(10-22)19(23)30-20(17)26(25-11)21-24-15-7-2-3-8-16(15)31-21/h2-9,18H,23H2,1H3/t18-/m1/s1. The van der Waals surface area contributed by atoms with E-state index in [2.05, 4.69) is 16.2 Å². The molecule has 10 heteroatoms. The van der Waals surface area contributed by atoms with Crippen molar-refractivity contribution in [2.75, 3.05) is 0 Å². The van der Waals surface area contributed by atoms with Gasteiger partial charge in [0, 0.05) is 12.1 Å². The van der Waals surface area contributed by atoms with E-state index in [1.807, 2.05) is 24.3 Å². The van der Waals surface area contributed by atoms with Crippen molar-refractivity contribution in [2.24, 2.45) is 5.73 Å². The monoisotopic (exact) mass is 430 g/mol. The van der Waals surface area contributed by atoms with Gasteiger partial charge in [-0.25, -0.2) is 4.98 Å². The van der Waals surface area contributed by atoms with Crippen molar-refractivity contribution in [1.29, 1.82) is 5.26 Å². The first-order valence-electron chi connectivity index (χ1n) is 9.25. The van der Waals surface area contributed by atoms with Gasteiger partial charge in [0.15, 0.2) is 0 Å². The third-order valence-corrected chi connectivity index (χ3v) is 6.12. The van der Waals surface area contributed by atoms with E-state index < -0.39 is 10.8 Å². The molecule has 0 amide bonds. The number of nitrogens with two attached hydrogens (primary N) is 1. The van der Waals surface area contributed by atoms with Crippen molar-refractivity contribution in [3.8, 4) is 17.1 Å². The number of nitro groups is 1. The highest BCUT2D eigenvalue weighted by Gasteiger charge is 2.37. The summed E-state index contributed by atoms with van der Waals surface area (Å²) in [5.41, 5.74) is 8.85. The number of fused-ring (bicyclic) bond motifs is 2. The van der Waals surface area contributed by atoms with Crippen LogP contribution in [0.2, 0.25) is 0 Å². The molecule has 0 aliphatic carbocycles. The van der Waals surface area contributed by atoms with Gasteiger partial charge in [0.2, 0.25) is 16.9 Å². The zero-order valence-electron chi connectivity index (χ0n) is 16.1. The van der Waals surface area contributed by atoms with Gasteiger partial charge < -0.3 is 10.5 Å². The molecule has 0 unspecified atom stereocenters. The molecule has 2 aromatic heterocycles. The Morgan fingerprint density at radius 2 is 2.10 bits per heavy atom. The second-order valence-corrected chi connectivity index (χ2v) is 7.97. The van der Waals surface area contributed by atoms with Crippen LogP contribution < -0.4 is 10.5 Å². The maximum Gasteiger partial charge on any atom is 0.269 e. The molecule has 5 rings (SSSR count). The van der Waals surface area contributed by atoms with E-state index in [0.717, 1.165) is 10.2 Å². The summed E-state index contributed by atoms with van der Waals surface area (Å²) < 4.78 is 8.40. The molecule has 4 aromatic rings. The molecule has 1 aliphatic heterocycles. The number of nitriles is 1. The second-order valence-electron chi connectivity index (χ2n) is 6.96. The summed E-state index contributed by atoms with van der Waals surface area (Å²) in [7, 11) is 0. The van der Waals surface area contributed by atoms with Crippen LogP contribution >= 0.6 is 11.3 Å². The number of thiazole rings is 1. The lowest BCUT2D eigenvalue weighted by Crippen LogP contribution is -2.22. The van der Waals surface area contributed by atoms with Crippen molar-refractivity contribution in [1.82, 2.24) is 14.8 Å². The Morgan fingerprint density at radius 1 is 1.29 bits per heavy atom. The first-order valence-corrected chi connectivity index (χ1v) is 10.1. The van der Waals surface area contributed by atoms with E-state index in [0.29, 0.717) is 27.8 Å². The van der Waals surface area contributed by atoms with Gasteiger partial charge in [-0.05, 0) is 24.6 Å². The van der Waals surface area contributed by atoms with Gasteiger partial charge in [-0.3, -0.25) is 10.1 Å². The minimum Gasteiger partial charge on any atom is -0.422 e. The predicted octanol–water partition coefficient (Wildman–Crippen LogP) is 3.92. The molecule has 0 spiro atoms. The maximum atomic E-state index is 11.3. The SMILES string of the molecule is Cc1nn(-c2nc3ccccc3s2)c2c1[C@H](c1cccc([N+](=O)[O-])c1)C(C#N)=C(N)O2. The summed E-state index contributed by atoms with van der Waals surface area (Å²) >= 11 is 1.45. The van der Waals surface area contributed by atoms with Crippen molar-refractivity contribution >= 4 is 27.2 Å². The summed E-state index contributed by atoms with van der Waals surface area (Å²) in [5, 5.41) is 26.3. The van der Waals surface area contributed by atoms with Crippen LogP contribution in [-0.2, 0) is 0 Å². The van der Waals surface area contributed by atoms with Crippen molar-refractivity contribution in [2.45, 2.75) is 12.8 Å². The predicted molar refractivity (Wildman–Crippen MR) is 114 cm³/mol. The van der Waals surface area contributed by atoms with Crippen molar-refractivity contribution in [3.63, 3.8) is 0 Å². The summed E-state index contributed by atoms with van der Waals surface area (Å²) in [4.78, 5) is 15.5. The lowest BCUT2D eigenvalue weighted by molar-refractivity contribution is -0.384. The molecule has 152 valence electrons. The lowest BCUT2D eigenvalue weighted by Gasteiger charge is -2.24. The van der Waals surface area contributed by atoms with Gasteiger partial charge in [-0.1, -0.05) is 35.6 Å². The van der Waals surface area contributed by atoms with E-state index in [4.69, 9.17) is 10.5 Å². The third kappa shape index (κ3) is 2.91. The minimum absolute atomic E-state index is 0.0613. The van der Waals surface area contributed by atoms with Crippen LogP contribution in [0, 0.1) is 28.4 Å². The van der Waals surface area contributed by atoms with E-state index in [1.54, 1.807) is 23.7 Å². The van der Waals surface area contributed by atoms with Crippen LogP contribution in [0.1, 0.15) is 22.7 Å². The molecular weight excluding hydrogens is 416 g/mol. The van der Waals surface area contributed by atoms with E-state index >= 15 is 0 Å². The van der Waals surface area contributed by atoms with Crippen LogP contribution in [0.3, 0.4) is 0 Å². The average molecular weight is 430 g/mol. The zero-order valence-corrected chi connectivity index (χ0v) is 17.0. The summed E-state index contributed by atoms with van der Waals surface area (Å²) in [6.45, 7) is 1.80. The lowest BCUT2D eigenvalue weighted by atomic mass is 9.84. The second kappa shape index (κ2) is 6.93. The number of nitrogens with zero attached hydrogens (tertiary/aromatic N) is 5. The van der Waals surface area contributed by atoms with Crippen molar-refractivity contribution < 1.29 is 9.66 Å². The molecule has 3 heterocycles. The van der Waals surface area contributed by atoms with Crippen LogP contribution in [-0.4, -0.2) is 19.7 Å². The number of ether oxygens (including phenoxy) is 1. The Bertz CT molecular complexity index is 1410. The molecule has 0 saturated carbocycles. The molecule has 0 saturated heterocycles. The van der Waals surface area contributed by atoms with E-state index in [1.165, 1.54) is 23.5 Å². The van der Waals surface area contributed by atoms with Gasteiger partial charge >= 0.3 is 0 Å².